The van der Waals surface area contributed by atoms with E-state index in [9.17, 15) is 39.5 Å². The minimum Gasteiger partial charge on any atom is -0.228 e. The molecule has 0 N–H and O–H groups in total. The van der Waals surface area contributed by atoms with Gasteiger partial charge < -0.3 is 0 Å². The molecule has 0 amide bonds. The lowest BCUT2D eigenvalue weighted by molar-refractivity contribution is 0.281. The Kier molecular flexibility index (Phi) is 7.52. The molecule has 10 heteroatoms. The summed E-state index contributed by atoms with van der Waals surface area (Å²) >= 11 is 0. The zero-order valence-electron chi connectivity index (χ0n) is 17.2. The number of alkyl halides is 1. The van der Waals surface area contributed by atoms with E-state index in [2.05, 4.69) is 0 Å². The zero-order valence-corrected chi connectivity index (χ0v) is 17.2. The molecule has 3 rings (SSSR count). The second-order valence-electron chi connectivity index (χ2n) is 7.11. The fourth-order valence-corrected chi connectivity index (χ4v) is 3.37. The van der Waals surface area contributed by atoms with Gasteiger partial charge in [-0.15, -0.1) is 0 Å². The molecule has 0 heterocycles. The molecule has 35 heavy (non-hydrogen) atoms. The second kappa shape index (κ2) is 10.2. The predicted molar refractivity (Wildman–Crippen MR) is 111 cm³/mol. The van der Waals surface area contributed by atoms with Crippen LogP contribution in [0.2, 0.25) is 0 Å². The van der Waals surface area contributed by atoms with Crippen molar-refractivity contribution in [2.75, 3.05) is 0 Å². The Morgan fingerprint density at radius 3 is 0.743 bits per heavy atom. The fraction of sp³-hybridized carbons (Fsp3) is 0.0400. The second-order valence-corrected chi connectivity index (χ2v) is 7.11. The van der Waals surface area contributed by atoms with E-state index in [1.54, 1.807) is 0 Å². The number of hydrogen-bond donors (Lipinski definition) is 0. The molecule has 0 unspecified atom stereocenters. The Morgan fingerprint density at radius 1 is 0.371 bits per heavy atom. The van der Waals surface area contributed by atoms with Gasteiger partial charge in [-0.3, -0.25) is 0 Å². The van der Waals surface area contributed by atoms with Crippen LogP contribution < -0.4 is 0 Å². The highest BCUT2D eigenvalue weighted by Gasteiger charge is 2.37. The molecule has 0 fully saturated rings. The zero-order chi connectivity index (χ0) is 25.9. The van der Waals surface area contributed by atoms with E-state index < -0.39 is 58.1 Å². The number of benzene rings is 3. The Hall–Kier alpha value is -3.82. The van der Waals surface area contributed by atoms with E-state index in [1.807, 2.05) is 0 Å². The summed E-state index contributed by atoms with van der Waals surface area (Å²) in [5.41, 5.74) is -5.13. The molecule has 0 aromatic heterocycles. The highest BCUT2D eigenvalue weighted by atomic mass is 19.3. The smallest absolute Gasteiger partial charge is 0.228 e. The van der Waals surface area contributed by atoms with Gasteiger partial charge in [0.25, 0.3) is 0 Å². The predicted octanol–water partition coefficient (Wildman–Crippen LogP) is 9.55. The first-order chi connectivity index (χ1) is 16.5. The van der Waals surface area contributed by atoms with E-state index in [1.165, 1.54) is 0 Å². The van der Waals surface area contributed by atoms with Crippen molar-refractivity contribution in [3.05, 3.63) is 124 Å². The molecule has 0 radical (unpaired) electrons. The third-order valence-corrected chi connectivity index (χ3v) is 5.11. The Labute approximate surface area is 192 Å². The van der Waals surface area contributed by atoms with Crippen molar-refractivity contribution in [1.29, 1.82) is 0 Å². The summed E-state index contributed by atoms with van der Waals surface area (Å²) in [6, 6.07) is 11.0. The minimum absolute atomic E-state index is 0.255. The van der Waals surface area contributed by atoms with Gasteiger partial charge in [0, 0.05) is 16.7 Å². The minimum atomic E-state index is -2.69. The van der Waals surface area contributed by atoms with Crippen LogP contribution in [0.5, 0.6) is 0 Å². The molecule has 0 bridgehead atoms. The molecular formula is C25H12F10. The maximum Gasteiger partial charge on any atom is 0.306 e. The Morgan fingerprint density at radius 2 is 0.571 bits per heavy atom. The first kappa shape index (κ1) is 25.8. The SMILES string of the molecule is FC(F)=C(F)c1ccc(C(F)(c2ccc(C(F)=C(F)F)cc2)c2ccc(C(F)=C(F)F)cc2)cc1. The summed E-state index contributed by atoms with van der Waals surface area (Å²) in [5, 5.41) is 0. The summed E-state index contributed by atoms with van der Waals surface area (Å²) in [7, 11) is 0. The van der Waals surface area contributed by atoms with Crippen molar-refractivity contribution in [3.63, 3.8) is 0 Å². The van der Waals surface area contributed by atoms with Crippen molar-refractivity contribution >= 4 is 17.5 Å². The van der Waals surface area contributed by atoms with E-state index in [0.29, 0.717) is 0 Å². The molecule has 3 aromatic carbocycles. The Bertz CT molecular complexity index is 1130. The Balaban J connectivity index is 2.18. The molecule has 3 aromatic rings. The van der Waals surface area contributed by atoms with E-state index in [4.69, 9.17) is 0 Å². The van der Waals surface area contributed by atoms with Crippen LogP contribution in [0.25, 0.3) is 17.5 Å². The summed E-state index contributed by atoms with van der Waals surface area (Å²) in [4.78, 5) is 0. The molecule has 0 atom stereocenters. The summed E-state index contributed by atoms with van der Waals surface area (Å²) < 4.78 is 133. The summed E-state index contributed by atoms with van der Waals surface area (Å²) in [5.74, 6) is -5.50. The molecule has 0 spiro atoms. The molecule has 0 saturated carbocycles. The van der Waals surface area contributed by atoms with Crippen LogP contribution in [0.3, 0.4) is 0 Å². The lowest BCUT2D eigenvalue weighted by Crippen LogP contribution is -2.23. The molecule has 0 aliphatic carbocycles. The largest absolute Gasteiger partial charge is 0.306 e. The van der Waals surface area contributed by atoms with Crippen molar-refractivity contribution in [3.8, 4) is 0 Å². The van der Waals surface area contributed by atoms with Gasteiger partial charge in [-0.2, -0.15) is 26.3 Å². The van der Waals surface area contributed by atoms with Gasteiger partial charge in [0.2, 0.25) is 0 Å². The van der Waals surface area contributed by atoms with Crippen molar-refractivity contribution in [1.82, 2.24) is 0 Å². The lowest BCUT2D eigenvalue weighted by atomic mass is 9.81. The summed E-state index contributed by atoms with van der Waals surface area (Å²) in [6.45, 7) is 0. The van der Waals surface area contributed by atoms with Crippen LogP contribution in [0.1, 0.15) is 33.4 Å². The fourth-order valence-electron chi connectivity index (χ4n) is 3.37. The van der Waals surface area contributed by atoms with Crippen LogP contribution >= 0.6 is 0 Å². The van der Waals surface area contributed by atoms with Crippen LogP contribution in [0.4, 0.5) is 43.9 Å². The molecule has 0 nitrogen and oxygen atoms in total. The molecular weight excluding hydrogens is 490 g/mol. The molecule has 0 aliphatic rings. The van der Waals surface area contributed by atoms with Gasteiger partial charge >= 0.3 is 18.2 Å². The number of halogens is 10. The maximum atomic E-state index is 16.7. The highest BCUT2D eigenvalue weighted by molar-refractivity contribution is 5.64. The molecule has 0 aliphatic heterocycles. The lowest BCUT2D eigenvalue weighted by Gasteiger charge is -2.28. The normalized spacial score (nSPS) is 11.1. The highest BCUT2D eigenvalue weighted by Crippen LogP contribution is 2.42. The third-order valence-electron chi connectivity index (χ3n) is 5.11. The quantitative estimate of drug-likeness (QED) is 0.233. The standard InChI is InChI=1S/C25H12F10/c26-19(22(29)30)13-1-7-16(8-2-13)25(35,17-9-3-14(4-10-17)20(27)23(31)32)18-11-5-15(6-12-18)21(28)24(33)34/h1-12H. The average Bonchev–Trinajstić information content (AvgIpc) is 2.87. The van der Waals surface area contributed by atoms with Crippen molar-refractivity contribution in [2.24, 2.45) is 0 Å². The van der Waals surface area contributed by atoms with Crippen LogP contribution in [-0.4, -0.2) is 0 Å². The maximum absolute atomic E-state index is 16.7. The first-order valence-electron chi connectivity index (χ1n) is 9.60. The third kappa shape index (κ3) is 5.16. The molecule has 182 valence electrons. The number of rotatable bonds is 6. The van der Waals surface area contributed by atoms with Gasteiger partial charge in [-0.1, -0.05) is 72.8 Å². The first-order valence-corrected chi connectivity index (χ1v) is 9.60. The van der Waals surface area contributed by atoms with E-state index in [0.717, 1.165) is 72.8 Å². The van der Waals surface area contributed by atoms with Crippen LogP contribution in [-0.2, 0) is 5.67 Å². The van der Waals surface area contributed by atoms with Crippen LogP contribution in [0, 0.1) is 0 Å². The molecule has 0 saturated heterocycles. The van der Waals surface area contributed by atoms with Crippen LogP contribution in [0.15, 0.2) is 91.0 Å². The van der Waals surface area contributed by atoms with Crippen molar-refractivity contribution in [2.45, 2.75) is 5.67 Å². The van der Waals surface area contributed by atoms with Gasteiger partial charge in [-0.25, -0.2) is 17.6 Å². The topological polar surface area (TPSA) is 0 Å². The van der Waals surface area contributed by atoms with Crippen molar-refractivity contribution < 1.29 is 43.9 Å². The van der Waals surface area contributed by atoms with Gasteiger partial charge in [0.05, 0.1) is 0 Å². The van der Waals surface area contributed by atoms with E-state index >= 15 is 4.39 Å². The average molecular weight is 502 g/mol. The van der Waals surface area contributed by atoms with Gasteiger partial charge in [-0.05, 0) is 16.7 Å². The summed E-state index contributed by atoms with van der Waals surface area (Å²) in [6.07, 6.45) is -7.79. The monoisotopic (exact) mass is 502 g/mol. The van der Waals surface area contributed by atoms with E-state index in [-0.39, 0.29) is 16.7 Å². The van der Waals surface area contributed by atoms with Gasteiger partial charge in [0.1, 0.15) is 0 Å². The number of hydrogen-bond acceptors (Lipinski definition) is 0. The van der Waals surface area contributed by atoms with Gasteiger partial charge in [0.15, 0.2) is 23.1 Å².